The minimum atomic E-state index is -0.121. The van der Waals surface area contributed by atoms with Crippen LogP contribution in [0.15, 0.2) is 17.1 Å². The van der Waals surface area contributed by atoms with Crippen molar-refractivity contribution in [2.24, 2.45) is 7.05 Å². The van der Waals surface area contributed by atoms with Gasteiger partial charge in [-0.15, -0.1) is 0 Å². The van der Waals surface area contributed by atoms with Gasteiger partial charge < -0.3 is 9.47 Å². The van der Waals surface area contributed by atoms with Crippen LogP contribution in [0, 0.1) is 6.92 Å². The Kier molecular flexibility index (Phi) is 3.47. The molecule has 1 heterocycles. The number of nitrogens with zero attached hydrogens (tertiary/aromatic N) is 2. The number of ketones is 1. The van der Waals surface area contributed by atoms with Crippen LogP contribution >= 0.6 is 11.3 Å². The molecule has 0 spiro atoms. The molecule has 0 aliphatic carbocycles. The van der Waals surface area contributed by atoms with Crippen molar-refractivity contribution in [3.8, 4) is 0 Å². The molecule has 4 nitrogen and oxygen atoms in total. The Morgan fingerprint density at radius 1 is 1.47 bits per heavy atom. The minimum Gasteiger partial charge on any atom is -0.383 e. The standard InChI is InChI=1S/C10H14N2O2S/c1-7-9(15-10(14)12(7)4)8(13)5-6-11(2)3/h5-6H,1-4H3/b6-5+. The van der Waals surface area contributed by atoms with Crippen molar-refractivity contribution in [2.45, 2.75) is 6.92 Å². The highest BCUT2D eigenvalue weighted by Gasteiger charge is 2.13. The summed E-state index contributed by atoms with van der Waals surface area (Å²) < 4.78 is 1.49. The van der Waals surface area contributed by atoms with Gasteiger partial charge in [-0.05, 0) is 6.92 Å². The summed E-state index contributed by atoms with van der Waals surface area (Å²) in [6, 6.07) is 0. The van der Waals surface area contributed by atoms with Crippen LogP contribution in [0.25, 0.3) is 0 Å². The Morgan fingerprint density at radius 3 is 2.47 bits per heavy atom. The maximum Gasteiger partial charge on any atom is 0.307 e. The molecule has 0 atom stereocenters. The lowest BCUT2D eigenvalue weighted by atomic mass is 10.2. The molecular weight excluding hydrogens is 212 g/mol. The number of carbonyl (C=O) groups excluding carboxylic acids is 1. The number of rotatable bonds is 3. The number of thiazole rings is 1. The predicted octanol–water partition coefficient (Wildman–Crippen LogP) is 1.01. The van der Waals surface area contributed by atoms with Gasteiger partial charge in [-0.2, -0.15) is 0 Å². The van der Waals surface area contributed by atoms with E-state index < -0.39 is 0 Å². The number of allylic oxidation sites excluding steroid dienone is 1. The molecule has 15 heavy (non-hydrogen) atoms. The Hall–Kier alpha value is -1.36. The van der Waals surface area contributed by atoms with Gasteiger partial charge in [-0.1, -0.05) is 11.3 Å². The summed E-state index contributed by atoms with van der Waals surface area (Å²) in [6.07, 6.45) is 3.14. The van der Waals surface area contributed by atoms with E-state index in [0.717, 1.165) is 17.0 Å². The average Bonchev–Trinajstić information content (AvgIpc) is 2.42. The van der Waals surface area contributed by atoms with Crippen LogP contribution in [0.3, 0.4) is 0 Å². The van der Waals surface area contributed by atoms with Crippen LogP contribution < -0.4 is 4.87 Å². The van der Waals surface area contributed by atoms with Gasteiger partial charge in [-0.25, -0.2) is 0 Å². The number of hydrogen-bond acceptors (Lipinski definition) is 4. The molecule has 1 aromatic rings. The van der Waals surface area contributed by atoms with Crippen LogP contribution in [0.1, 0.15) is 15.4 Å². The molecule has 5 heteroatoms. The zero-order valence-electron chi connectivity index (χ0n) is 9.27. The van der Waals surface area contributed by atoms with Crippen LogP contribution in [0.4, 0.5) is 0 Å². The zero-order chi connectivity index (χ0) is 11.6. The lowest BCUT2D eigenvalue weighted by Gasteiger charge is -2.02. The molecule has 0 fully saturated rings. The molecule has 0 unspecified atom stereocenters. The fourth-order valence-corrected chi connectivity index (χ4v) is 1.94. The Balaban J connectivity index is 3.02. The number of hydrogen-bond donors (Lipinski definition) is 0. The molecule has 0 N–H and O–H groups in total. The van der Waals surface area contributed by atoms with Gasteiger partial charge in [0.15, 0.2) is 5.78 Å². The smallest absolute Gasteiger partial charge is 0.307 e. The summed E-state index contributed by atoms with van der Waals surface area (Å²) in [5, 5.41) is 0. The summed E-state index contributed by atoms with van der Waals surface area (Å²) in [7, 11) is 5.34. The second kappa shape index (κ2) is 4.44. The van der Waals surface area contributed by atoms with Crippen LogP contribution in [0.2, 0.25) is 0 Å². The molecule has 0 aromatic carbocycles. The summed E-state index contributed by atoms with van der Waals surface area (Å²) >= 11 is 0.989. The zero-order valence-corrected chi connectivity index (χ0v) is 10.1. The summed E-state index contributed by atoms with van der Waals surface area (Å²) in [6.45, 7) is 1.77. The van der Waals surface area contributed by atoms with E-state index in [4.69, 9.17) is 0 Å². The monoisotopic (exact) mass is 226 g/mol. The Labute approximate surface area is 92.4 Å². The number of carbonyl (C=O) groups is 1. The molecule has 1 rings (SSSR count). The molecule has 82 valence electrons. The largest absolute Gasteiger partial charge is 0.383 e. The maximum atomic E-state index is 11.7. The first-order valence-corrected chi connectivity index (χ1v) is 5.30. The lowest BCUT2D eigenvalue weighted by molar-refractivity contribution is 0.104. The van der Waals surface area contributed by atoms with Crippen molar-refractivity contribution < 1.29 is 4.79 Å². The summed E-state index contributed by atoms with van der Waals surface area (Å²) in [5.41, 5.74) is 0.721. The molecule has 0 aliphatic rings. The van der Waals surface area contributed by atoms with Gasteiger partial charge in [0.25, 0.3) is 0 Å². The molecule has 0 aliphatic heterocycles. The molecule has 0 radical (unpaired) electrons. The van der Waals surface area contributed by atoms with Gasteiger partial charge in [-0.3, -0.25) is 9.59 Å². The maximum absolute atomic E-state index is 11.7. The fraction of sp³-hybridized carbons (Fsp3) is 0.400. The quantitative estimate of drug-likeness (QED) is 0.570. The minimum absolute atomic E-state index is 0.103. The van der Waals surface area contributed by atoms with Gasteiger partial charge in [0.1, 0.15) is 0 Å². The third-order valence-corrected chi connectivity index (χ3v) is 3.19. The lowest BCUT2D eigenvalue weighted by Crippen LogP contribution is -2.08. The topological polar surface area (TPSA) is 42.3 Å². The molecule has 0 saturated heterocycles. The van der Waals surface area contributed by atoms with Crippen molar-refractivity contribution >= 4 is 17.1 Å². The first kappa shape index (κ1) is 11.7. The van der Waals surface area contributed by atoms with Crippen molar-refractivity contribution in [1.29, 1.82) is 0 Å². The van der Waals surface area contributed by atoms with Crippen molar-refractivity contribution in [3.63, 3.8) is 0 Å². The molecular formula is C10H14N2O2S. The second-order valence-electron chi connectivity index (χ2n) is 3.49. The van der Waals surface area contributed by atoms with E-state index >= 15 is 0 Å². The van der Waals surface area contributed by atoms with Crippen LogP contribution in [-0.2, 0) is 7.05 Å². The predicted molar refractivity (Wildman–Crippen MR) is 61.5 cm³/mol. The SMILES string of the molecule is Cc1c(C(=O)/C=C/N(C)C)sc(=O)n1C. The highest BCUT2D eigenvalue weighted by atomic mass is 32.1. The van der Waals surface area contributed by atoms with Crippen LogP contribution in [0.5, 0.6) is 0 Å². The second-order valence-corrected chi connectivity index (χ2v) is 4.45. The van der Waals surface area contributed by atoms with E-state index in [1.165, 1.54) is 10.6 Å². The van der Waals surface area contributed by atoms with E-state index in [9.17, 15) is 9.59 Å². The van der Waals surface area contributed by atoms with Crippen LogP contribution in [-0.4, -0.2) is 29.3 Å². The van der Waals surface area contributed by atoms with Gasteiger partial charge >= 0.3 is 4.87 Å². The first-order chi connectivity index (χ1) is 6.93. The van der Waals surface area contributed by atoms with Gasteiger partial charge in [0.05, 0.1) is 4.88 Å². The number of aromatic nitrogens is 1. The first-order valence-electron chi connectivity index (χ1n) is 4.49. The highest BCUT2D eigenvalue weighted by molar-refractivity contribution is 7.11. The van der Waals surface area contributed by atoms with E-state index in [-0.39, 0.29) is 10.7 Å². The van der Waals surface area contributed by atoms with Crippen molar-refractivity contribution in [1.82, 2.24) is 9.47 Å². The Morgan fingerprint density at radius 2 is 2.07 bits per heavy atom. The van der Waals surface area contributed by atoms with E-state index in [1.807, 2.05) is 14.1 Å². The third-order valence-electron chi connectivity index (χ3n) is 2.04. The molecule has 0 saturated carbocycles. The Bertz CT molecular complexity index is 454. The van der Waals surface area contributed by atoms with Gasteiger partial charge in [0.2, 0.25) is 0 Å². The normalized spacial score (nSPS) is 10.9. The van der Waals surface area contributed by atoms with Crippen molar-refractivity contribution in [2.75, 3.05) is 14.1 Å². The third kappa shape index (κ3) is 2.56. The fourth-order valence-electron chi connectivity index (χ4n) is 1.04. The summed E-state index contributed by atoms with van der Waals surface area (Å²) in [4.78, 5) is 25.2. The molecule has 1 aromatic heterocycles. The average molecular weight is 226 g/mol. The van der Waals surface area contributed by atoms with Crippen molar-refractivity contribution in [3.05, 3.63) is 32.5 Å². The van der Waals surface area contributed by atoms with E-state index in [2.05, 4.69) is 0 Å². The van der Waals surface area contributed by atoms with E-state index in [1.54, 1.807) is 25.1 Å². The highest BCUT2D eigenvalue weighted by Crippen LogP contribution is 2.11. The van der Waals surface area contributed by atoms with Gasteiger partial charge in [0, 0.05) is 39.1 Å². The van der Waals surface area contributed by atoms with E-state index in [0.29, 0.717) is 4.88 Å². The summed E-state index contributed by atoms with van der Waals surface area (Å²) in [5.74, 6) is -0.121. The molecule has 0 amide bonds. The molecule has 0 bridgehead atoms.